The summed E-state index contributed by atoms with van der Waals surface area (Å²) in [7, 11) is 0. The summed E-state index contributed by atoms with van der Waals surface area (Å²) < 4.78 is 5.16. The van der Waals surface area contributed by atoms with Crippen LogP contribution in [0.25, 0.3) is 0 Å². The van der Waals surface area contributed by atoms with E-state index >= 15 is 0 Å². The molecule has 5 heteroatoms. The minimum Gasteiger partial charge on any atom is -0.444 e. The van der Waals surface area contributed by atoms with Gasteiger partial charge in [0, 0.05) is 5.33 Å². The molecule has 1 N–H and O–H groups in total. The van der Waals surface area contributed by atoms with Crippen molar-refractivity contribution in [2.24, 2.45) is 0 Å². The summed E-state index contributed by atoms with van der Waals surface area (Å²) in [6.07, 6.45) is 0.393. The summed E-state index contributed by atoms with van der Waals surface area (Å²) in [6.45, 7) is 5.44. The number of aryl methyl sites for hydroxylation is 1. The molecular weight excluding hydrogens is 318 g/mol. The largest absolute Gasteiger partial charge is 0.444 e. The monoisotopic (exact) mass is 333 g/mol. The second-order valence-electron chi connectivity index (χ2n) is 4.88. The molecule has 0 aromatic heterocycles. The second-order valence-corrected chi connectivity index (χ2v) is 6.08. The van der Waals surface area contributed by atoms with E-state index in [0.29, 0.717) is 10.7 Å². The maximum Gasteiger partial charge on any atom is 0.412 e. The van der Waals surface area contributed by atoms with Crippen LogP contribution in [0.3, 0.4) is 0 Å². The number of amides is 1. The Morgan fingerprint density at radius 1 is 1.44 bits per heavy atom. The second kappa shape index (κ2) is 6.43. The van der Waals surface area contributed by atoms with Crippen LogP contribution in [-0.4, -0.2) is 17.0 Å². The van der Waals surface area contributed by atoms with E-state index in [2.05, 4.69) is 21.2 Å². The maximum atomic E-state index is 11.6. The fourth-order valence-electron chi connectivity index (χ4n) is 1.34. The van der Waals surface area contributed by atoms with Gasteiger partial charge in [0.2, 0.25) is 0 Å². The molecule has 1 rings (SSSR count). The Balaban J connectivity index is 2.71. The highest BCUT2D eigenvalue weighted by Crippen LogP contribution is 2.24. The van der Waals surface area contributed by atoms with Crippen molar-refractivity contribution in [2.75, 3.05) is 10.6 Å². The van der Waals surface area contributed by atoms with Crippen LogP contribution in [0.5, 0.6) is 0 Å². The fraction of sp³-hybridized carbons (Fsp3) is 0.462. The molecule has 0 saturated carbocycles. The highest BCUT2D eigenvalue weighted by Gasteiger charge is 2.16. The first-order valence-electron chi connectivity index (χ1n) is 5.66. The highest BCUT2D eigenvalue weighted by atomic mass is 79.9. The van der Waals surface area contributed by atoms with Crippen LogP contribution < -0.4 is 5.32 Å². The number of anilines is 1. The number of nitrogens with one attached hydrogen (secondary N) is 1. The smallest absolute Gasteiger partial charge is 0.412 e. The summed E-state index contributed by atoms with van der Waals surface area (Å²) in [4.78, 5) is 11.6. The van der Waals surface area contributed by atoms with Crippen molar-refractivity contribution in [3.63, 3.8) is 0 Å². The van der Waals surface area contributed by atoms with Crippen LogP contribution in [0.15, 0.2) is 18.2 Å². The number of benzene rings is 1. The molecule has 1 aromatic carbocycles. The lowest BCUT2D eigenvalue weighted by molar-refractivity contribution is 0.0636. The van der Waals surface area contributed by atoms with Crippen LogP contribution in [-0.2, 0) is 11.2 Å². The van der Waals surface area contributed by atoms with Crippen molar-refractivity contribution in [3.05, 3.63) is 28.8 Å². The first-order valence-corrected chi connectivity index (χ1v) is 7.16. The number of rotatable bonds is 3. The van der Waals surface area contributed by atoms with Crippen molar-refractivity contribution in [1.29, 1.82) is 0 Å². The van der Waals surface area contributed by atoms with E-state index in [9.17, 15) is 4.79 Å². The van der Waals surface area contributed by atoms with E-state index in [0.717, 1.165) is 17.3 Å². The number of hydrogen-bond acceptors (Lipinski definition) is 2. The summed E-state index contributed by atoms with van der Waals surface area (Å²) >= 11 is 9.46. The first-order chi connectivity index (χ1) is 8.31. The summed E-state index contributed by atoms with van der Waals surface area (Å²) in [5.41, 5.74) is 1.16. The SMILES string of the molecule is CC(C)(C)OC(=O)Nc1ccc(CCBr)cc1Cl. The molecule has 0 saturated heterocycles. The molecule has 1 amide bonds. The molecule has 0 fully saturated rings. The number of hydrogen-bond donors (Lipinski definition) is 1. The lowest BCUT2D eigenvalue weighted by Crippen LogP contribution is -2.27. The average Bonchev–Trinajstić information content (AvgIpc) is 2.20. The van der Waals surface area contributed by atoms with Gasteiger partial charge in [0.1, 0.15) is 5.60 Å². The van der Waals surface area contributed by atoms with Crippen LogP contribution in [0.2, 0.25) is 5.02 Å². The molecule has 18 heavy (non-hydrogen) atoms. The number of ether oxygens (including phenoxy) is 1. The van der Waals surface area contributed by atoms with Crippen LogP contribution in [0.1, 0.15) is 26.3 Å². The van der Waals surface area contributed by atoms with Gasteiger partial charge in [0.05, 0.1) is 10.7 Å². The van der Waals surface area contributed by atoms with E-state index in [-0.39, 0.29) is 0 Å². The molecule has 0 atom stereocenters. The highest BCUT2D eigenvalue weighted by molar-refractivity contribution is 9.09. The third-order valence-corrected chi connectivity index (χ3v) is 2.76. The Bertz CT molecular complexity index is 429. The topological polar surface area (TPSA) is 38.3 Å². The van der Waals surface area contributed by atoms with E-state index in [1.807, 2.05) is 32.9 Å². The first kappa shape index (κ1) is 15.3. The van der Waals surface area contributed by atoms with Crippen LogP contribution in [0, 0.1) is 0 Å². The predicted molar refractivity (Wildman–Crippen MR) is 78.8 cm³/mol. The van der Waals surface area contributed by atoms with Crippen LogP contribution in [0.4, 0.5) is 10.5 Å². The van der Waals surface area contributed by atoms with Crippen molar-refractivity contribution in [2.45, 2.75) is 32.8 Å². The lowest BCUT2D eigenvalue weighted by Gasteiger charge is -2.20. The Hall–Kier alpha value is -0.740. The zero-order valence-electron chi connectivity index (χ0n) is 10.7. The minimum atomic E-state index is -0.521. The average molecular weight is 335 g/mol. The maximum absolute atomic E-state index is 11.6. The van der Waals surface area contributed by atoms with Gasteiger partial charge >= 0.3 is 6.09 Å². The third-order valence-electron chi connectivity index (χ3n) is 2.05. The number of carbonyl (C=O) groups is 1. The molecule has 0 heterocycles. The molecule has 0 aliphatic carbocycles. The van der Waals surface area contributed by atoms with Crippen molar-refractivity contribution >= 4 is 39.3 Å². The predicted octanol–water partition coefficient (Wildman–Crippen LogP) is 4.62. The fourth-order valence-corrected chi connectivity index (χ4v) is 2.05. The number of halogens is 2. The molecular formula is C13H17BrClNO2. The van der Waals surface area contributed by atoms with E-state index < -0.39 is 11.7 Å². The Morgan fingerprint density at radius 2 is 2.11 bits per heavy atom. The molecule has 1 aromatic rings. The molecule has 0 aliphatic rings. The Kier molecular flexibility index (Phi) is 5.47. The lowest BCUT2D eigenvalue weighted by atomic mass is 10.1. The molecule has 0 radical (unpaired) electrons. The van der Waals surface area contributed by atoms with Crippen LogP contribution >= 0.6 is 27.5 Å². The number of alkyl halides is 1. The van der Waals surface area contributed by atoms with Gasteiger partial charge < -0.3 is 4.74 Å². The van der Waals surface area contributed by atoms with Crippen molar-refractivity contribution in [1.82, 2.24) is 0 Å². The van der Waals surface area contributed by atoms with Gasteiger partial charge in [0.25, 0.3) is 0 Å². The Morgan fingerprint density at radius 3 is 2.61 bits per heavy atom. The van der Waals surface area contributed by atoms with E-state index in [1.165, 1.54) is 0 Å². The third kappa shape index (κ3) is 5.27. The quantitative estimate of drug-likeness (QED) is 0.819. The standard InChI is InChI=1S/C13H17BrClNO2/c1-13(2,3)18-12(17)16-11-5-4-9(6-7-14)8-10(11)15/h4-5,8H,6-7H2,1-3H3,(H,16,17). The van der Waals surface area contributed by atoms with E-state index in [1.54, 1.807) is 6.07 Å². The van der Waals surface area contributed by atoms with Gasteiger partial charge in [-0.3, -0.25) is 5.32 Å². The molecule has 0 unspecified atom stereocenters. The van der Waals surface area contributed by atoms with Gasteiger partial charge in [-0.15, -0.1) is 0 Å². The van der Waals surface area contributed by atoms with Crippen molar-refractivity contribution in [3.8, 4) is 0 Å². The summed E-state index contributed by atoms with van der Waals surface area (Å²) in [5.74, 6) is 0. The zero-order chi connectivity index (χ0) is 13.8. The minimum absolute atomic E-state index is 0.502. The van der Waals surface area contributed by atoms with Gasteiger partial charge in [-0.25, -0.2) is 4.79 Å². The molecule has 0 spiro atoms. The van der Waals surface area contributed by atoms with Crippen molar-refractivity contribution < 1.29 is 9.53 Å². The molecule has 0 bridgehead atoms. The zero-order valence-corrected chi connectivity index (χ0v) is 13.1. The molecule has 100 valence electrons. The number of carbonyl (C=O) groups excluding carboxylic acids is 1. The van der Waals surface area contributed by atoms with Gasteiger partial charge in [-0.05, 0) is 44.9 Å². The molecule has 0 aliphatic heterocycles. The summed E-state index contributed by atoms with van der Waals surface area (Å²) in [6, 6.07) is 5.56. The Labute approximate surface area is 121 Å². The van der Waals surface area contributed by atoms with Gasteiger partial charge in [-0.2, -0.15) is 0 Å². The van der Waals surface area contributed by atoms with E-state index in [4.69, 9.17) is 16.3 Å². The normalized spacial score (nSPS) is 11.2. The molecule has 3 nitrogen and oxygen atoms in total. The summed E-state index contributed by atoms with van der Waals surface area (Å²) in [5, 5.41) is 4.02. The van der Waals surface area contributed by atoms with Gasteiger partial charge in [0.15, 0.2) is 0 Å². The van der Waals surface area contributed by atoms with Gasteiger partial charge in [-0.1, -0.05) is 33.6 Å².